The van der Waals surface area contributed by atoms with Gasteiger partial charge in [-0.05, 0) is 25.0 Å². The van der Waals surface area contributed by atoms with Crippen molar-refractivity contribution in [2.45, 2.75) is 25.8 Å². The molecule has 0 radical (unpaired) electrons. The Hall–Kier alpha value is -0.140. The van der Waals surface area contributed by atoms with E-state index >= 15 is 0 Å². The number of hydrogen-bond acceptors (Lipinski definition) is 1. The van der Waals surface area contributed by atoms with E-state index in [-0.39, 0.29) is 5.50 Å². The summed E-state index contributed by atoms with van der Waals surface area (Å²) >= 11 is 11.8. The summed E-state index contributed by atoms with van der Waals surface area (Å²) in [5, 5.41) is 3.88. The molecule has 0 aromatic carbocycles. The Balaban J connectivity index is 2.90. The zero-order valence-electron chi connectivity index (χ0n) is 6.62. The van der Waals surface area contributed by atoms with E-state index in [1.165, 1.54) is 0 Å². The van der Waals surface area contributed by atoms with Gasteiger partial charge in [-0.25, -0.2) is 0 Å². The predicted octanol–water partition coefficient (Wildman–Crippen LogP) is 2.96. The maximum atomic E-state index is 5.95. The number of dihydropyridines is 1. The molecule has 1 heterocycles. The van der Waals surface area contributed by atoms with Gasteiger partial charge in [0.25, 0.3) is 0 Å². The lowest BCUT2D eigenvalue weighted by Crippen LogP contribution is -2.24. The highest BCUT2D eigenvalue weighted by molar-refractivity contribution is 6.33. The van der Waals surface area contributed by atoms with E-state index in [4.69, 9.17) is 23.2 Å². The molecule has 62 valence electrons. The van der Waals surface area contributed by atoms with E-state index < -0.39 is 0 Å². The summed E-state index contributed by atoms with van der Waals surface area (Å²) in [6.07, 6.45) is 2.76. The fourth-order valence-electron chi connectivity index (χ4n) is 1.18. The zero-order chi connectivity index (χ0) is 8.43. The summed E-state index contributed by atoms with van der Waals surface area (Å²) < 4.78 is 0. The van der Waals surface area contributed by atoms with Crippen LogP contribution in [0.25, 0.3) is 0 Å². The van der Waals surface area contributed by atoms with Gasteiger partial charge in [0.05, 0.1) is 0 Å². The molecular weight excluding hydrogens is 181 g/mol. The number of alkyl halides is 1. The summed E-state index contributed by atoms with van der Waals surface area (Å²) in [6.45, 7) is 4.06. The number of halogens is 2. The molecule has 1 N–H and O–H groups in total. The summed E-state index contributed by atoms with van der Waals surface area (Å²) in [7, 11) is 0. The van der Waals surface area contributed by atoms with Crippen molar-refractivity contribution < 1.29 is 0 Å². The molecule has 0 saturated carbocycles. The Labute approximate surface area is 77.1 Å². The fraction of sp³-hybridized carbons (Fsp3) is 0.500. The quantitative estimate of drug-likeness (QED) is 0.497. The molecule has 3 heteroatoms. The third-order valence-electron chi connectivity index (χ3n) is 1.74. The van der Waals surface area contributed by atoms with Crippen LogP contribution in [-0.2, 0) is 0 Å². The first kappa shape index (κ1) is 8.95. The van der Waals surface area contributed by atoms with E-state index in [2.05, 4.69) is 12.2 Å². The molecule has 0 fully saturated rings. The van der Waals surface area contributed by atoms with Gasteiger partial charge in [-0.1, -0.05) is 30.1 Å². The molecule has 1 rings (SSSR count). The van der Waals surface area contributed by atoms with Crippen molar-refractivity contribution >= 4 is 23.2 Å². The van der Waals surface area contributed by atoms with Crippen LogP contribution < -0.4 is 5.32 Å². The van der Waals surface area contributed by atoms with Crippen LogP contribution in [-0.4, -0.2) is 5.50 Å². The number of nitrogens with one attached hydrogen (secondary N) is 1. The number of hydrogen-bond donors (Lipinski definition) is 1. The highest BCUT2D eigenvalue weighted by Crippen LogP contribution is 2.26. The molecular formula is C8H11Cl2N. The maximum absolute atomic E-state index is 5.95. The number of rotatable bonds is 1. The molecule has 0 aliphatic carbocycles. The molecule has 0 aromatic rings. The van der Waals surface area contributed by atoms with Crippen molar-refractivity contribution in [2.75, 3.05) is 0 Å². The normalized spacial score (nSPS) is 24.7. The van der Waals surface area contributed by atoms with E-state index in [0.29, 0.717) is 0 Å². The second kappa shape index (κ2) is 3.51. The Bertz CT molecular complexity index is 218. The summed E-state index contributed by atoms with van der Waals surface area (Å²) in [4.78, 5) is 0. The van der Waals surface area contributed by atoms with Gasteiger partial charge in [0, 0.05) is 10.7 Å². The lowest BCUT2D eigenvalue weighted by Gasteiger charge is -2.20. The number of allylic oxidation sites excluding steroid dienone is 3. The molecule has 1 unspecified atom stereocenters. The first-order valence-electron chi connectivity index (χ1n) is 3.63. The minimum Gasteiger partial charge on any atom is -0.369 e. The minimum atomic E-state index is -0.155. The summed E-state index contributed by atoms with van der Waals surface area (Å²) in [5.41, 5.74) is 2.08. The van der Waals surface area contributed by atoms with Gasteiger partial charge in [0.15, 0.2) is 0 Å². The fourth-order valence-corrected chi connectivity index (χ4v) is 1.93. The lowest BCUT2D eigenvalue weighted by molar-refractivity contribution is 0.802. The predicted molar refractivity (Wildman–Crippen MR) is 49.7 cm³/mol. The van der Waals surface area contributed by atoms with Crippen LogP contribution in [0, 0.1) is 0 Å². The van der Waals surface area contributed by atoms with Crippen LogP contribution in [0.3, 0.4) is 0 Å². The monoisotopic (exact) mass is 191 g/mol. The van der Waals surface area contributed by atoms with Crippen molar-refractivity contribution in [3.8, 4) is 0 Å². The van der Waals surface area contributed by atoms with Crippen LogP contribution in [0.4, 0.5) is 0 Å². The molecule has 1 atom stereocenters. The molecule has 1 aliphatic rings. The second-order valence-corrected chi connectivity index (χ2v) is 3.40. The Morgan fingerprint density at radius 1 is 1.64 bits per heavy atom. The topological polar surface area (TPSA) is 12.0 Å². The van der Waals surface area contributed by atoms with Crippen molar-refractivity contribution in [3.63, 3.8) is 0 Å². The lowest BCUT2D eigenvalue weighted by atomic mass is 10.1. The molecule has 0 bridgehead atoms. The SMILES string of the molecule is CCC1=C(C)NC(Cl)C=C1Cl. The van der Waals surface area contributed by atoms with Gasteiger partial charge >= 0.3 is 0 Å². The molecule has 11 heavy (non-hydrogen) atoms. The van der Waals surface area contributed by atoms with Crippen LogP contribution >= 0.6 is 23.2 Å². The second-order valence-electron chi connectivity index (χ2n) is 2.52. The molecule has 0 saturated heterocycles. The third-order valence-corrected chi connectivity index (χ3v) is 2.33. The molecule has 1 aliphatic heterocycles. The molecule has 1 nitrogen and oxygen atoms in total. The third kappa shape index (κ3) is 1.91. The van der Waals surface area contributed by atoms with E-state index in [0.717, 1.165) is 22.7 Å². The Morgan fingerprint density at radius 3 is 2.73 bits per heavy atom. The van der Waals surface area contributed by atoms with Crippen molar-refractivity contribution in [2.24, 2.45) is 0 Å². The van der Waals surface area contributed by atoms with Gasteiger partial charge in [-0.2, -0.15) is 0 Å². The average molecular weight is 192 g/mol. The highest BCUT2D eigenvalue weighted by Gasteiger charge is 2.13. The van der Waals surface area contributed by atoms with Crippen molar-refractivity contribution in [1.82, 2.24) is 5.32 Å². The first-order chi connectivity index (χ1) is 5.15. The van der Waals surface area contributed by atoms with Crippen LogP contribution in [0.15, 0.2) is 22.4 Å². The maximum Gasteiger partial charge on any atom is 0.122 e. The van der Waals surface area contributed by atoms with Crippen molar-refractivity contribution in [3.05, 3.63) is 22.4 Å². The van der Waals surface area contributed by atoms with E-state index in [1.54, 1.807) is 0 Å². The average Bonchev–Trinajstić information content (AvgIpc) is 1.85. The molecule has 0 amide bonds. The largest absolute Gasteiger partial charge is 0.369 e. The molecule has 0 aromatic heterocycles. The molecule has 0 spiro atoms. The van der Waals surface area contributed by atoms with Gasteiger partial charge in [-0.3, -0.25) is 0 Å². The van der Waals surface area contributed by atoms with Crippen LogP contribution in [0.5, 0.6) is 0 Å². The van der Waals surface area contributed by atoms with E-state index in [1.807, 2.05) is 13.0 Å². The standard InChI is InChI=1S/C8H11Cl2N/c1-3-6-5(2)11-8(10)4-7(6)9/h4,8,11H,3H2,1-2H3. The Morgan fingerprint density at radius 2 is 2.27 bits per heavy atom. The van der Waals surface area contributed by atoms with E-state index in [9.17, 15) is 0 Å². The summed E-state index contributed by atoms with van der Waals surface area (Å²) in [5.74, 6) is 0. The van der Waals surface area contributed by atoms with Crippen LogP contribution in [0.1, 0.15) is 20.3 Å². The van der Waals surface area contributed by atoms with Gasteiger partial charge < -0.3 is 5.32 Å². The first-order valence-corrected chi connectivity index (χ1v) is 4.44. The van der Waals surface area contributed by atoms with Gasteiger partial charge in [0.1, 0.15) is 5.50 Å². The summed E-state index contributed by atoms with van der Waals surface area (Å²) in [6, 6.07) is 0. The minimum absolute atomic E-state index is 0.155. The van der Waals surface area contributed by atoms with Crippen molar-refractivity contribution in [1.29, 1.82) is 0 Å². The van der Waals surface area contributed by atoms with Crippen LogP contribution in [0.2, 0.25) is 0 Å². The highest BCUT2D eigenvalue weighted by atomic mass is 35.5. The smallest absolute Gasteiger partial charge is 0.122 e. The zero-order valence-corrected chi connectivity index (χ0v) is 8.13. The van der Waals surface area contributed by atoms with Gasteiger partial charge in [-0.15, -0.1) is 0 Å². The Kier molecular flexibility index (Phi) is 2.85. The van der Waals surface area contributed by atoms with Gasteiger partial charge in [0.2, 0.25) is 0 Å².